The first-order valence-corrected chi connectivity index (χ1v) is 7.22. The number of hydrogen-bond donors (Lipinski definition) is 1. The number of esters is 1. The van der Waals surface area contributed by atoms with Crippen molar-refractivity contribution >= 4 is 23.4 Å². The Kier molecular flexibility index (Phi) is 5.21. The molecule has 0 aromatic carbocycles. The molecule has 1 N–H and O–H groups in total. The van der Waals surface area contributed by atoms with Crippen molar-refractivity contribution in [3.63, 3.8) is 0 Å². The molecule has 0 unspecified atom stereocenters. The molecule has 112 valence electrons. The molecule has 0 fully saturated rings. The van der Waals surface area contributed by atoms with Gasteiger partial charge in [0.1, 0.15) is 16.5 Å². The van der Waals surface area contributed by atoms with Crippen molar-refractivity contribution in [1.29, 1.82) is 0 Å². The second kappa shape index (κ2) is 6.30. The van der Waals surface area contributed by atoms with Crippen molar-refractivity contribution in [1.82, 2.24) is 14.9 Å². The smallest absolute Gasteiger partial charge is 0.329 e. The quantitative estimate of drug-likeness (QED) is 0.859. The third kappa shape index (κ3) is 4.56. The third-order valence-corrected chi connectivity index (χ3v) is 3.30. The van der Waals surface area contributed by atoms with E-state index >= 15 is 0 Å². The number of aryl methyl sites for hydroxylation is 1. The summed E-state index contributed by atoms with van der Waals surface area (Å²) in [7, 11) is 0. The summed E-state index contributed by atoms with van der Waals surface area (Å²) in [6.45, 7) is 10.8. The van der Waals surface area contributed by atoms with Gasteiger partial charge in [0.25, 0.3) is 5.91 Å². The Morgan fingerprint density at radius 3 is 2.30 bits per heavy atom. The summed E-state index contributed by atoms with van der Waals surface area (Å²) in [4.78, 5) is 24.7. The molecular weight excluding hydrogens is 278 g/mol. The van der Waals surface area contributed by atoms with Crippen molar-refractivity contribution in [2.75, 3.05) is 0 Å². The van der Waals surface area contributed by atoms with Crippen molar-refractivity contribution in [2.45, 2.75) is 53.2 Å². The number of nitrogens with one attached hydrogen (secondary N) is 1. The van der Waals surface area contributed by atoms with E-state index in [0.29, 0.717) is 10.6 Å². The fourth-order valence-corrected chi connectivity index (χ4v) is 2.07. The molecule has 1 aromatic rings. The third-order valence-electron chi connectivity index (χ3n) is 2.47. The van der Waals surface area contributed by atoms with Crippen LogP contribution in [-0.2, 0) is 9.53 Å². The van der Waals surface area contributed by atoms with E-state index in [4.69, 9.17) is 4.74 Å². The van der Waals surface area contributed by atoms with Gasteiger partial charge in [0.05, 0.1) is 5.69 Å². The van der Waals surface area contributed by atoms with E-state index in [-0.39, 0.29) is 11.8 Å². The van der Waals surface area contributed by atoms with Gasteiger partial charge >= 0.3 is 5.97 Å². The van der Waals surface area contributed by atoms with Crippen molar-refractivity contribution in [3.8, 4) is 0 Å². The molecule has 1 atom stereocenters. The average molecular weight is 299 g/mol. The molecule has 0 aliphatic rings. The van der Waals surface area contributed by atoms with Crippen LogP contribution in [0.25, 0.3) is 0 Å². The Morgan fingerprint density at radius 1 is 1.30 bits per heavy atom. The average Bonchev–Trinajstić information content (AvgIpc) is 2.69. The molecule has 1 amide bonds. The minimum Gasteiger partial charge on any atom is -0.458 e. The molecule has 1 heterocycles. The highest BCUT2D eigenvalue weighted by atomic mass is 32.1. The fourth-order valence-electron chi connectivity index (χ4n) is 1.51. The first kappa shape index (κ1) is 16.6. The van der Waals surface area contributed by atoms with Gasteiger partial charge in [-0.05, 0) is 45.1 Å². The maximum absolute atomic E-state index is 12.1. The normalized spacial score (nSPS) is 13.2. The molecular formula is C13H21N3O3S. The van der Waals surface area contributed by atoms with E-state index in [1.807, 2.05) is 13.8 Å². The lowest BCUT2D eigenvalue weighted by molar-refractivity contribution is -0.158. The van der Waals surface area contributed by atoms with Crippen LogP contribution in [0.1, 0.15) is 50.0 Å². The van der Waals surface area contributed by atoms with Crippen molar-refractivity contribution < 1.29 is 14.3 Å². The standard InChI is InChI=1S/C13H21N3O3S/c1-7(2)9(12(18)19-13(4,5)6)14-11(17)10-8(3)15-16-20-10/h7,9H,1-6H3,(H,14,17)/t9-/m0/s1. The van der Waals surface area contributed by atoms with Crippen LogP contribution in [-0.4, -0.2) is 33.1 Å². The second-order valence-electron chi connectivity index (χ2n) is 5.92. The zero-order valence-electron chi connectivity index (χ0n) is 12.7. The molecule has 7 heteroatoms. The Morgan fingerprint density at radius 2 is 1.90 bits per heavy atom. The number of carbonyl (C=O) groups is 2. The van der Waals surface area contributed by atoms with Gasteiger partial charge in [0.2, 0.25) is 0 Å². The van der Waals surface area contributed by atoms with Gasteiger partial charge in [0, 0.05) is 0 Å². The SMILES string of the molecule is Cc1nnsc1C(=O)N[C@H](C(=O)OC(C)(C)C)C(C)C. The van der Waals surface area contributed by atoms with Crippen molar-refractivity contribution in [2.24, 2.45) is 5.92 Å². The van der Waals surface area contributed by atoms with Crippen LogP contribution >= 0.6 is 11.5 Å². The lowest BCUT2D eigenvalue weighted by Crippen LogP contribution is -2.47. The summed E-state index contributed by atoms with van der Waals surface area (Å²) < 4.78 is 9.04. The number of carbonyl (C=O) groups excluding carboxylic acids is 2. The monoisotopic (exact) mass is 299 g/mol. The summed E-state index contributed by atoms with van der Waals surface area (Å²) in [5, 5.41) is 6.48. The zero-order chi connectivity index (χ0) is 15.5. The second-order valence-corrected chi connectivity index (χ2v) is 6.67. The number of amides is 1. The molecule has 0 aliphatic carbocycles. The molecule has 0 saturated heterocycles. The highest BCUT2D eigenvalue weighted by Crippen LogP contribution is 2.14. The van der Waals surface area contributed by atoms with E-state index in [1.165, 1.54) is 0 Å². The molecule has 20 heavy (non-hydrogen) atoms. The van der Waals surface area contributed by atoms with E-state index in [0.717, 1.165) is 11.5 Å². The highest BCUT2D eigenvalue weighted by molar-refractivity contribution is 7.08. The maximum atomic E-state index is 12.1. The minimum atomic E-state index is -0.691. The number of aromatic nitrogens is 2. The predicted octanol–water partition coefficient (Wildman–Crippen LogP) is 1.94. The van der Waals surface area contributed by atoms with E-state index in [9.17, 15) is 9.59 Å². The Labute approximate surface area is 123 Å². The van der Waals surface area contributed by atoms with Gasteiger partial charge in [0.15, 0.2) is 0 Å². The molecule has 0 bridgehead atoms. The van der Waals surface area contributed by atoms with Crippen LogP contribution in [0.5, 0.6) is 0 Å². The molecule has 0 radical (unpaired) electrons. The van der Waals surface area contributed by atoms with Crippen molar-refractivity contribution in [3.05, 3.63) is 10.6 Å². The molecule has 0 aliphatic heterocycles. The first-order chi connectivity index (χ1) is 9.11. The summed E-state index contributed by atoms with van der Waals surface area (Å²) >= 11 is 1.01. The van der Waals surface area contributed by atoms with Crippen LogP contribution in [0.4, 0.5) is 0 Å². The van der Waals surface area contributed by atoms with Gasteiger partial charge in [-0.2, -0.15) is 0 Å². The van der Waals surface area contributed by atoms with Gasteiger partial charge in [-0.25, -0.2) is 4.79 Å². The summed E-state index contributed by atoms with van der Waals surface area (Å²) in [6, 6.07) is -0.691. The largest absolute Gasteiger partial charge is 0.458 e. The number of rotatable bonds is 4. The van der Waals surface area contributed by atoms with Gasteiger partial charge in [-0.3, -0.25) is 4.79 Å². The van der Waals surface area contributed by atoms with Crippen LogP contribution in [0, 0.1) is 12.8 Å². The van der Waals surface area contributed by atoms with Gasteiger partial charge in [-0.1, -0.05) is 18.3 Å². The topological polar surface area (TPSA) is 81.2 Å². The summed E-state index contributed by atoms with van der Waals surface area (Å²) in [6.07, 6.45) is 0. The minimum absolute atomic E-state index is 0.0741. The number of nitrogens with zero attached hydrogens (tertiary/aromatic N) is 2. The van der Waals surface area contributed by atoms with E-state index in [2.05, 4.69) is 14.9 Å². The molecule has 6 nitrogen and oxygen atoms in total. The van der Waals surface area contributed by atoms with Gasteiger partial charge in [-0.15, -0.1) is 5.10 Å². The van der Waals surface area contributed by atoms with Crippen LogP contribution in [0.2, 0.25) is 0 Å². The molecule has 0 saturated carbocycles. The van der Waals surface area contributed by atoms with Crippen LogP contribution in [0.15, 0.2) is 0 Å². The highest BCUT2D eigenvalue weighted by Gasteiger charge is 2.30. The number of ether oxygens (including phenoxy) is 1. The zero-order valence-corrected chi connectivity index (χ0v) is 13.5. The Balaban J connectivity index is 2.81. The van der Waals surface area contributed by atoms with Crippen LogP contribution < -0.4 is 5.32 Å². The van der Waals surface area contributed by atoms with E-state index < -0.39 is 17.6 Å². The number of hydrogen-bond acceptors (Lipinski definition) is 6. The first-order valence-electron chi connectivity index (χ1n) is 6.44. The fraction of sp³-hybridized carbons (Fsp3) is 0.692. The Bertz CT molecular complexity index is 491. The predicted molar refractivity (Wildman–Crippen MR) is 76.6 cm³/mol. The Hall–Kier alpha value is -1.50. The van der Waals surface area contributed by atoms with Gasteiger partial charge < -0.3 is 10.1 Å². The lowest BCUT2D eigenvalue weighted by Gasteiger charge is -2.26. The molecule has 0 spiro atoms. The van der Waals surface area contributed by atoms with Crippen LogP contribution in [0.3, 0.4) is 0 Å². The summed E-state index contributed by atoms with van der Waals surface area (Å²) in [5.41, 5.74) is -0.0316. The maximum Gasteiger partial charge on any atom is 0.329 e. The molecule has 1 aromatic heterocycles. The van der Waals surface area contributed by atoms with E-state index in [1.54, 1.807) is 27.7 Å². The summed E-state index contributed by atoms with van der Waals surface area (Å²) in [5.74, 6) is -0.854. The molecule has 1 rings (SSSR count). The lowest BCUT2D eigenvalue weighted by atomic mass is 10.0.